The van der Waals surface area contributed by atoms with Crippen molar-refractivity contribution in [2.24, 2.45) is 12.8 Å². The second-order valence-electron chi connectivity index (χ2n) is 3.84. The van der Waals surface area contributed by atoms with Gasteiger partial charge in [-0.25, -0.2) is 4.39 Å². The Hall–Kier alpha value is -1.88. The lowest BCUT2D eigenvalue weighted by Crippen LogP contribution is -2.30. The van der Waals surface area contributed by atoms with Gasteiger partial charge in [-0.1, -0.05) is 0 Å². The van der Waals surface area contributed by atoms with Crippen LogP contribution in [-0.2, 0) is 7.05 Å². The molecule has 0 saturated carbocycles. The van der Waals surface area contributed by atoms with E-state index in [4.69, 9.17) is 5.73 Å². The van der Waals surface area contributed by atoms with E-state index in [1.165, 1.54) is 12.1 Å². The van der Waals surface area contributed by atoms with E-state index in [1.54, 1.807) is 23.7 Å². The molecule has 2 rings (SSSR count). The van der Waals surface area contributed by atoms with Crippen LogP contribution in [0.5, 0.6) is 0 Å². The van der Waals surface area contributed by atoms with Crippen molar-refractivity contribution in [1.29, 1.82) is 0 Å². The normalized spacial score (nSPS) is 10.8. The highest BCUT2D eigenvalue weighted by Crippen LogP contribution is 2.19. The lowest BCUT2D eigenvalue weighted by Gasteiger charge is -2.04. The number of carbonyl (C=O) groups is 1. The fourth-order valence-corrected chi connectivity index (χ4v) is 1.81. The zero-order chi connectivity index (χ0) is 12.4. The van der Waals surface area contributed by atoms with E-state index >= 15 is 0 Å². The number of nitrogens with one attached hydrogen (secondary N) is 1. The Labute approximate surface area is 98.2 Å². The van der Waals surface area contributed by atoms with Crippen molar-refractivity contribution in [3.63, 3.8) is 0 Å². The van der Waals surface area contributed by atoms with Gasteiger partial charge in [0.15, 0.2) is 0 Å². The molecule has 0 radical (unpaired) electrons. The van der Waals surface area contributed by atoms with Crippen molar-refractivity contribution in [3.8, 4) is 0 Å². The average molecular weight is 235 g/mol. The number of nitrogens with two attached hydrogens (primary N) is 1. The number of fused-ring (bicyclic) bond motifs is 1. The minimum Gasteiger partial charge on any atom is -0.349 e. The van der Waals surface area contributed by atoms with Crippen molar-refractivity contribution in [2.75, 3.05) is 13.1 Å². The Balaban J connectivity index is 2.41. The van der Waals surface area contributed by atoms with E-state index in [-0.39, 0.29) is 11.7 Å². The Kier molecular flexibility index (Phi) is 3.10. The van der Waals surface area contributed by atoms with Crippen molar-refractivity contribution in [2.45, 2.75) is 0 Å². The molecule has 90 valence electrons. The van der Waals surface area contributed by atoms with Crippen LogP contribution in [0.1, 0.15) is 10.5 Å². The molecule has 3 N–H and O–H groups in total. The fraction of sp³-hybridized carbons (Fsp3) is 0.250. The van der Waals surface area contributed by atoms with Gasteiger partial charge < -0.3 is 15.6 Å². The van der Waals surface area contributed by atoms with E-state index in [2.05, 4.69) is 5.32 Å². The van der Waals surface area contributed by atoms with Gasteiger partial charge >= 0.3 is 0 Å². The number of halogens is 1. The van der Waals surface area contributed by atoms with Crippen LogP contribution in [-0.4, -0.2) is 23.6 Å². The predicted molar refractivity (Wildman–Crippen MR) is 64.3 cm³/mol. The molecule has 1 aromatic carbocycles. The topological polar surface area (TPSA) is 60.0 Å². The molecule has 1 aromatic heterocycles. The number of hydrogen-bond donors (Lipinski definition) is 2. The minimum absolute atomic E-state index is 0.199. The Morgan fingerprint density at radius 3 is 2.94 bits per heavy atom. The van der Waals surface area contributed by atoms with E-state index in [0.717, 1.165) is 5.52 Å². The second kappa shape index (κ2) is 4.55. The first kappa shape index (κ1) is 11.6. The maximum Gasteiger partial charge on any atom is 0.267 e. The van der Waals surface area contributed by atoms with Gasteiger partial charge in [-0.05, 0) is 24.3 Å². The summed E-state index contributed by atoms with van der Waals surface area (Å²) in [6.45, 7) is 0.818. The Morgan fingerprint density at radius 2 is 2.24 bits per heavy atom. The van der Waals surface area contributed by atoms with Gasteiger partial charge in [-0.2, -0.15) is 0 Å². The molecule has 0 aliphatic heterocycles. The van der Waals surface area contributed by atoms with Crippen molar-refractivity contribution in [1.82, 2.24) is 9.88 Å². The number of carbonyl (C=O) groups excluding carboxylic acids is 1. The van der Waals surface area contributed by atoms with Gasteiger partial charge in [0.1, 0.15) is 11.5 Å². The molecule has 1 amide bonds. The standard InChI is InChI=1S/C12H14FN3O/c1-16-10-3-2-9(13)6-8(10)7-11(16)12(17)15-5-4-14/h2-3,6-7H,4-5,14H2,1H3,(H,15,17). The first-order chi connectivity index (χ1) is 8.13. The molecule has 2 aromatic rings. The molecule has 5 heteroatoms. The number of hydrogen-bond acceptors (Lipinski definition) is 2. The molecular formula is C12H14FN3O. The predicted octanol–water partition coefficient (Wildman–Crippen LogP) is 1.01. The summed E-state index contributed by atoms with van der Waals surface area (Å²) < 4.78 is 14.8. The Bertz CT molecular complexity index is 562. The molecule has 0 unspecified atom stereocenters. The maximum atomic E-state index is 13.1. The molecule has 17 heavy (non-hydrogen) atoms. The molecule has 0 fully saturated rings. The van der Waals surface area contributed by atoms with Crippen LogP contribution in [0.4, 0.5) is 4.39 Å². The highest BCUT2D eigenvalue weighted by molar-refractivity contribution is 5.98. The first-order valence-corrected chi connectivity index (χ1v) is 5.36. The lowest BCUT2D eigenvalue weighted by molar-refractivity contribution is 0.0947. The fourth-order valence-electron chi connectivity index (χ4n) is 1.81. The third-order valence-electron chi connectivity index (χ3n) is 2.67. The summed E-state index contributed by atoms with van der Waals surface area (Å²) in [7, 11) is 1.78. The van der Waals surface area contributed by atoms with Crippen molar-refractivity contribution in [3.05, 3.63) is 35.8 Å². The minimum atomic E-state index is -0.308. The quantitative estimate of drug-likeness (QED) is 0.834. The van der Waals surface area contributed by atoms with Crippen LogP contribution >= 0.6 is 0 Å². The highest BCUT2D eigenvalue weighted by Gasteiger charge is 2.12. The number of benzene rings is 1. The number of nitrogens with zero attached hydrogens (tertiary/aromatic N) is 1. The number of aryl methyl sites for hydroxylation is 1. The lowest BCUT2D eigenvalue weighted by atomic mass is 10.2. The van der Waals surface area contributed by atoms with E-state index in [1.807, 2.05) is 0 Å². The van der Waals surface area contributed by atoms with Gasteiger partial charge in [0.05, 0.1) is 0 Å². The van der Waals surface area contributed by atoms with Gasteiger partial charge in [0, 0.05) is 31.0 Å². The van der Waals surface area contributed by atoms with E-state index < -0.39 is 0 Å². The summed E-state index contributed by atoms with van der Waals surface area (Å²) in [6, 6.07) is 6.12. The van der Waals surface area contributed by atoms with Crippen LogP contribution in [0, 0.1) is 5.82 Å². The average Bonchev–Trinajstić information content (AvgIpc) is 2.63. The maximum absolute atomic E-state index is 13.1. The summed E-state index contributed by atoms with van der Waals surface area (Å²) in [5.74, 6) is -0.508. The van der Waals surface area contributed by atoms with E-state index in [0.29, 0.717) is 24.2 Å². The van der Waals surface area contributed by atoms with Gasteiger partial charge in [0.25, 0.3) is 5.91 Å². The van der Waals surface area contributed by atoms with Crippen LogP contribution < -0.4 is 11.1 Å². The summed E-state index contributed by atoms with van der Waals surface area (Å²) in [6.07, 6.45) is 0. The van der Waals surface area contributed by atoms with Gasteiger partial charge in [-0.15, -0.1) is 0 Å². The van der Waals surface area contributed by atoms with E-state index in [9.17, 15) is 9.18 Å². The first-order valence-electron chi connectivity index (χ1n) is 5.36. The molecule has 0 spiro atoms. The summed E-state index contributed by atoms with van der Waals surface area (Å²) in [5.41, 5.74) is 6.64. The SMILES string of the molecule is Cn1c(C(=O)NCCN)cc2cc(F)ccc21. The molecule has 0 aliphatic carbocycles. The van der Waals surface area contributed by atoms with Crippen molar-refractivity contribution >= 4 is 16.8 Å². The van der Waals surface area contributed by atoms with Crippen LogP contribution in [0.3, 0.4) is 0 Å². The summed E-state index contributed by atoms with van der Waals surface area (Å²) in [4.78, 5) is 11.8. The number of aromatic nitrogens is 1. The molecule has 0 saturated heterocycles. The highest BCUT2D eigenvalue weighted by atomic mass is 19.1. The summed E-state index contributed by atoms with van der Waals surface area (Å²) in [5, 5.41) is 3.40. The number of amides is 1. The Morgan fingerprint density at radius 1 is 1.47 bits per heavy atom. The van der Waals surface area contributed by atoms with Crippen molar-refractivity contribution < 1.29 is 9.18 Å². The summed E-state index contributed by atoms with van der Waals surface area (Å²) >= 11 is 0. The number of rotatable bonds is 3. The molecular weight excluding hydrogens is 221 g/mol. The van der Waals surface area contributed by atoms with Gasteiger partial charge in [0.2, 0.25) is 0 Å². The third kappa shape index (κ3) is 2.14. The molecule has 4 nitrogen and oxygen atoms in total. The smallest absolute Gasteiger partial charge is 0.267 e. The van der Waals surface area contributed by atoms with Crippen LogP contribution in [0.2, 0.25) is 0 Å². The zero-order valence-corrected chi connectivity index (χ0v) is 9.53. The monoisotopic (exact) mass is 235 g/mol. The molecule has 1 heterocycles. The van der Waals surface area contributed by atoms with Gasteiger partial charge in [-0.3, -0.25) is 4.79 Å². The largest absolute Gasteiger partial charge is 0.349 e. The van der Waals surface area contributed by atoms with Crippen LogP contribution in [0.25, 0.3) is 10.9 Å². The van der Waals surface area contributed by atoms with Crippen LogP contribution in [0.15, 0.2) is 24.3 Å². The molecule has 0 atom stereocenters. The third-order valence-corrected chi connectivity index (χ3v) is 2.67. The second-order valence-corrected chi connectivity index (χ2v) is 3.84. The zero-order valence-electron chi connectivity index (χ0n) is 9.53. The molecule has 0 bridgehead atoms. The molecule has 0 aliphatic rings.